The lowest BCUT2D eigenvalue weighted by molar-refractivity contribution is -0.118. The second-order valence-corrected chi connectivity index (χ2v) is 7.28. The van der Waals surface area contributed by atoms with Gasteiger partial charge in [0.25, 0.3) is 0 Å². The second-order valence-electron chi connectivity index (χ2n) is 6.30. The van der Waals surface area contributed by atoms with Gasteiger partial charge in [-0.05, 0) is 38.2 Å². The Hall–Kier alpha value is -0.960. The van der Waals surface area contributed by atoms with Gasteiger partial charge in [-0.2, -0.15) is 0 Å². The van der Waals surface area contributed by atoms with E-state index in [1.165, 1.54) is 48.8 Å². The Kier molecular flexibility index (Phi) is 6.62. The fourth-order valence-corrected chi connectivity index (χ4v) is 3.91. The number of carbonyl (C=O) groups excluding carboxylic acids is 1. The van der Waals surface area contributed by atoms with Crippen LogP contribution in [-0.4, -0.2) is 18.2 Å². The number of nitrogens with one attached hydrogen (secondary N) is 1. The van der Waals surface area contributed by atoms with Crippen LogP contribution in [0.25, 0.3) is 0 Å². The van der Waals surface area contributed by atoms with Gasteiger partial charge in [0.15, 0.2) is 0 Å². The zero-order valence-electron chi connectivity index (χ0n) is 13.3. The van der Waals surface area contributed by atoms with Crippen molar-refractivity contribution in [3.05, 3.63) is 34.9 Å². The first-order valence-electron chi connectivity index (χ1n) is 8.05. The smallest absolute Gasteiger partial charge is 0.230 e. The molecule has 1 aromatic rings. The molecule has 21 heavy (non-hydrogen) atoms. The average Bonchev–Trinajstić information content (AvgIpc) is 2.45. The number of thioether (sulfide) groups is 1. The Morgan fingerprint density at radius 1 is 1.14 bits per heavy atom. The number of rotatable bonds is 6. The summed E-state index contributed by atoms with van der Waals surface area (Å²) in [4.78, 5) is 11.9. The molecule has 2 rings (SSSR count). The molecule has 0 heterocycles. The van der Waals surface area contributed by atoms with E-state index in [0.717, 1.165) is 12.3 Å². The highest BCUT2D eigenvalue weighted by Crippen LogP contribution is 2.22. The summed E-state index contributed by atoms with van der Waals surface area (Å²) in [6.45, 7) is 5.12. The molecule has 3 heteroatoms. The van der Waals surface area contributed by atoms with Crippen LogP contribution in [0.1, 0.15) is 48.8 Å². The molecule has 0 aromatic heterocycles. The molecule has 1 amide bonds. The molecule has 1 N–H and O–H groups in total. The minimum atomic E-state index is 0.190. The van der Waals surface area contributed by atoms with Crippen molar-refractivity contribution >= 4 is 17.7 Å². The molecule has 0 radical (unpaired) electrons. The normalized spacial score (nSPS) is 15.9. The minimum absolute atomic E-state index is 0.190. The van der Waals surface area contributed by atoms with E-state index < -0.39 is 0 Å². The topological polar surface area (TPSA) is 29.1 Å². The average molecular weight is 305 g/mol. The van der Waals surface area contributed by atoms with Crippen molar-refractivity contribution in [1.29, 1.82) is 0 Å². The maximum Gasteiger partial charge on any atom is 0.230 e. The van der Waals surface area contributed by atoms with Crippen LogP contribution in [0.2, 0.25) is 0 Å². The van der Waals surface area contributed by atoms with Crippen LogP contribution in [0.15, 0.2) is 18.2 Å². The molecule has 0 unspecified atom stereocenters. The lowest BCUT2D eigenvalue weighted by Gasteiger charge is -2.21. The summed E-state index contributed by atoms with van der Waals surface area (Å²) in [5.74, 6) is 2.39. The monoisotopic (exact) mass is 305 g/mol. The molecule has 0 atom stereocenters. The van der Waals surface area contributed by atoms with Crippen LogP contribution in [0.3, 0.4) is 0 Å². The number of aryl methyl sites for hydroxylation is 2. The van der Waals surface area contributed by atoms with Gasteiger partial charge in [0.05, 0.1) is 5.75 Å². The van der Waals surface area contributed by atoms with E-state index in [1.807, 2.05) is 0 Å². The number of hydrogen-bond donors (Lipinski definition) is 1. The van der Waals surface area contributed by atoms with Gasteiger partial charge in [-0.3, -0.25) is 4.79 Å². The predicted molar refractivity (Wildman–Crippen MR) is 91.7 cm³/mol. The summed E-state index contributed by atoms with van der Waals surface area (Å²) in [5, 5.41) is 3.10. The summed E-state index contributed by atoms with van der Waals surface area (Å²) in [6.07, 6.45) is 6.62. The molecule has 1 fully saturated rings. The first kappa shape index (κ1) is 16.4. The maximum atomic E-state index is 11.9. The van der Waals surface area contributed by atoms with Crippen molar-refractivity contribution in [2.24, 2.45) is 5.92 Å². The fraction of sp³-hybridized carbons (Fsp3) is 0.611. The van der Waals surface area contributed by atoms with Crippen molar-refractivity contribution in [1.82, 2.24) is 5.32 Å². The number of hydrogen-bond acceptors (Lipinski definition) is 2. The molecular weight excluding hydrogens is 278 g/mol. The van der Waals surface area contributed by atoms with Gasteiger partial charge in [-0.1, -0.05) is 48.6 Å². The second kappa shape index (κ2) is 8.47. The van der Waals surface area contributed by atoms with Crippen molar-refractivity contribution in [2.75, 3.05) is 12.3 Å². The molecule has 0 bridgehead atoms. The molecular formula is C18H27NOS. The van der Waals surface area contributed by atoms with Crippen LogP contribution < -0.4 is 5.32 Å². The Balaban J connectivity index is 1.64. The highest BCUT2D eigenvalue weighted by atomic mass is 32.2. The first-order chi connectivity index (χ1) is 10.1. The van der Waals surface area contributed by atoms with Gasteiger partial charge in [0.1, 0.15) is 0 Å². The largest absolute Gasteiger partial charge is 0.355 e. The van der Waals surface area contributed by atoms with E-state index in [0.29, 0.717) is 11.7 Å². The van der Waals surface area contributed by atoms with Crippen LogP contribution in [0.4, 0.5) is 0 Å². The summed E-state index contributed by atoms with van der Waals surface area (Å²) < 4.78 is 0. The molecule has 2 nitrogen and oxygen atoms in total. The molecule has 0 spiro atoms. The van der Waals surface area contributed by atoms with E-state index in [1.54, 1.807) is 11.8 Å². The quantitative estimate of drug-likeness (QED) is 0.852. The van der Waals surface area contributed by atoms with E-state index in [4.69, 9.17) is 0 Å². The maximum absolute atomic E-state index is 11.9. The summed E-state index contributed by atoms with van der Waals surface area (Å²) in [5.41, 5.74) is 3.91. The lowest BCUT2D eigenvalue weighted by atomic mass is 9.89. The van der Waals surface area contributed by atoms with E-state index in [-0.39, 0.29) is 5.91 Å². The Morgan fingerprint density at radius 2 is 1.81 bits per heavy atom. The highest BCUT2D eigenvalue weighted by Gasteiger charge is 2.14. The van der Waals surface area contributed by atoms with Crippen molar-refractivity contribution in [2.45, 2.75) is 51.7 Å². The highest BCUT2D eigenvalue weighted by molar-refractivity contribution is 7.99. The third kappa shape index (κ3) is 6.13. The van der Waals surface area contributed by atoms with Gasteiger partial charge in [-0.25, -0.2) is 0 Å². The summed E-state index contributed by atoms with van der Waals surface area (Å²) in [7, 11) is 0. The molecule has 0 aliphatic heterocycles. The van der Waals surface area contributed by atoms with E-state index in [2.05, 4.69) is 37.4 Å². The number of carbonyl (C=O) groups is 1. The minimum Gasteiger partial charge on any atom is -0.355 e. The van der Waals surface area contributed by atoms with Gasteiger partial charge < -0.3 is 5.32 Å². The molecule has 116 valence electrons. The van der Waals surface area contributed by atoms with Crippen molar-refractivity contribution in [3.8, 4) is 0 Å². The third-order valence-electron chi connectivity index (χ3n) is 4.10. The summed E-state index contributed by atoms with van der Waals surface area (Å²) in [6, 6.07) is 6.60. The molecule has 1 aliphatic carbocycles. The van der Waals surface area contributed by atoms with Crippen LogP contribution in [0.5, 0.6) is 0 Å². The van der Waals surface area contributed by atoms with Gasteiger partial charge in [0.2, 0.25) is 5.91 Å². The van der Waals surface area contributed by atoms with E-state index >= 15 is 0 Å². The van der Waals surface area contributed by atoms with Crippen LogP contribution >= 0.6 is 11.8 Å². The van der Waals surface area contributed by atoms with Gasteiger partial charge >= 0.3 is 0 Å². The number of benzene rings is 1. The fourth-order valence-electron chi connectivity index (χ4n) is 3.11. The SMILES string of the molecule is Cc1cc(C)cc(CSCC(=O)NCC2CCCCC2)c1. The third-order valence-corrected chi connectivity index (χ3v) is 5.10. The predicted octanol–water partition coefficient (Wildman–Crippen LogP) is 4.23. The lowest BCUT2D eigenvalue weighted by Crippen LogP contribution is -2.31. The zero-order valence-corrected chi connectivity index (χ0v) is 14.1. The molecule has 1 saturated carbocycles. The van der Waals surface area contributed by atoms with E-state index in [9.17, 15) is 4.79 Å². The van der Waals surface area contributed by atoms with Gasteiger partial charge in [0, 0.05) is 12.3 Å². The van der Waals surface area contributed by atoms with Crippen LogP contribution in [-0.2, 0) is 10.5 Å². The van der Waals surface area contributed by atoms with Gasteiger partial charge in [-0.15, -0.1) is 11.8 Å². The molecule has 1 aliphatic rings. The molecule has 1 aromatic carbocycles. The van der Waals surface area contributed by atoms with Crippen molar-refractivity contribution < 1.29 is 4.79 Å². The first-order valence-corrected chi connectivity index (χ1v) is 9.20. The molecule has 0 saturated heterocycles. The Labute approximate surface area is 133 Å². The van der Waals surface area contributed by atoms with Crippen LogP contribution in [0, 0.1) is 19.8 Å². The number of amides is 1. The summed E-state index contributed by atoms with van der Waals surface area (Å²) >= 11 is 1.71. The Morgan fingerprint density at radius 3 is 2.48 bits per heavy atom. The zero-order chi connectivity index (χ0) is 15.1. The van der Waals surface area contributed by atoms with Crippen molar-refractivity contribution in [3.63, 3.8) is 0 Å². The Bertz CT molecular complexity index is 446. The standard InChI is InChI=1S/C18H27NOS/c1-14-8-15(2)10-17(9-14)12-21-13-18(20)19-11-16-6-4-3-5-7-16/h8-10,16H,3-7,11-13H2,1-2H3,(H,19,20).